The minimum atomic E-state index is -0.956. The number of carboxylic acids is 2. The average molecular weight is 509 g/mol. The Hall–Kier alpha value is -3.98. The van der Waals surface area contributed by atoms with Gasteiger partial charge in [-0.3, -0.25) is 0 Å². The molecule has 0 aliphatic heterocycles. The minimum Gasteiger partial charge on any atom is -0.478 e. The molecular formula is C26H21BrO6. The molecule has 2 aromatic rings. The highest BCUT2D eigenvalue weighted by atomic mass is 79.9. The molecule has 0 amide bonds. The van der Waals surface area contributed by atoms with Crippen LogP contribution in [-0.4, -0.2) is 45.6 Å². The molecule has 0 unspecified atom stereocenters. The first-order valence-electron chi connectivity index (χ1n) is 9.32. The SMILES string of the molecule is C#CCCO.O=C(O)c1ccc(C#CBr)cc1.O=C(O)c1ccc(C#CC#CCCO)cc1. The number of aromatic carboxylic acids is 2. The molecule has 0 saturated heterocycles. The summed E-state index contributed by atoms with van der Waals surface area (Å²) < 4.78 is 0. The predicted octanol–water partition coefficient (Wildman–Crippen LogP) is 3.21. The Morgan fingerprint density at radius 3 is 1.55 bits per heavy atom. The predicted molar refractivity (Wildman–Crippen MR) is 130 cm³/mol. The van der Waals surface area contributed by atoms with Gasteiger partial charge in [0.25, 0.3) is 0 Å². The number of aliphatic hydroxyl groups is 2. The molecule has 0 atom stereocenters. The van der Waals surface area contributed by atoms with Gasteiger partial charge in [0.2, 0.25) is 0 Å². The first-order valence-corrected chi connectivity index (χ1v) is 10.1. The zero-order valence-corrected chi connectivity index (χ0v) is 19.1. The maximum absolute atomic E-state index is 10.6. The zero-order valence-electron chi connectivity index (χ0n) is 17.5. The van der Waals surface area contributed by atoms with Gasteiger partial charge in [0.1, 0.15) is 0 Å². The van der Waals surface area contributed by atoms with E-state index in [4.69, 9.17) is 26.8 Å². The van der Waals surface area contributed by atoms with Crippen LogP contribution < -0.4 is 0 Å². The lowest BCUT2D eigenvalue weighted by Crippen LogP contribution is -1.94. The molecule has 0 radical (unpaired) electrons. The molecule has 0 spiro atoms. The minimum absolute atomic E-state index is 0.0298. The van der Waals surface area contributed by atoms with E-state index >= 15 is 0 Å². The number of rotatable bonds is 4. The first-order chi connectivity index (χ1) is 15.9. The van der Waals surface area contributed by atoms with Crippen LogP contribution in [0.15, 0.2) is 48.5 Å². The van der Waals surface area contributed by atoms with Gasteiger partial charge in [0.15, 0.2) is 0 Å². The molecule has 0 fully saturated rings. The fourth-order valence-corrected chi connectivity index (χ4v) is 2.01. The lowest BCUT2D eigenvalue weighted by Gasteiger charge is -1.92. The highest BCUT2D eigenvalue weighted by molar-refractivity contribution is 9.12. The van der Waals surface area contributed by atoms with E-state index in [0.717, 1.165) is 5.56 Å². The van der Waals surface area contributed by atoms with Gasteiger partial charge in [-0.05, 0) is 65.2 Å². The van der Waals surface area contributed by atoms with Crippen molar-refractivity contribution < 1.29 is 30.0 Å². The van der Waals surface area contributed by atoms with Crippen LogP contribution in [0.2, 0.25) is 0 Å². The van der Waals surface area contributed by atoms with Gasteiger partial charge in [0.05, 0.1) is 24.3 Å². The lowest BCUT2D eigenvalue weighted by molar-refractivity contribution is 0.0686. The van der Waals surface area contributed by atoms with Gasteiger partial charge < -0.3 is 20.4 Å². The van der Waals surface area contributed by atoms with Crippen molar-refractivity contribution in [3.63, 3.8) is 0 Å². The maximum atomic E-state index is 10.6. The summed E-state index contributed by atoms with van der Waals surface area (Å²) in [7, 11) is 0. The van der Waals surface area contributed by atoms with Crippen molar-refractivity contribution in [2.45, 2.75) is 12.8 Å². The van der Waals surface area contributed by atoms with E-state index in [1.807, 2.05) is 0 Å². The molecule has 6 nitrogen and oxygen atoms in total. The second-order valence-corrected chi connectivity index (χ2v) is 6.08. The van der Waals surface area contributed by atoms with Crippen molar-refractivity contribution in [1.29, 1.82) is 0 Å². The van der Waals surface area contributed by atoms with Crippen LogP contribution in [-0.2, 0) is 0 Å². The highest BCUT2D eigenvalue weighted by Crippen LogP contribution is 2.03. The molecule has 7 heteroatoms. The van der Waals surface area contributed by atoms with Crippen LogP contribution in [0.5, 0.6) is 0 Å². The fourth-order valence-electron chi connectivity index (χ4n) is 1.78. The van der Waals surface area contributed by atoms with E-state index in [1.54, 1.807) is 24.3 Å². The Bertz CT molecular complexity index is 1110. The summed E-state index contributed by atoms with van der Waals surface area (Å²) in [6, 6.07) is 12.6. The van der Waals surface area contributed by atoms with Crippen molar-refractivity contribution in [1.82, 2.24) is 0 Å². The lowest BCUT2D eigenvalue weighted by atomic mass is 10.1. The van der Waals surface area contributed by atoms with Gasteiger partial charge in [-0.15, -0.1) is 12.3 Å². The third kappa shape index (κ3) is 14.6. The van der Waals surface area contributed by atoms with Crippen LogP contribution in [0.4, 0.5) is 0 Å². The summed E-state index contributed by atoms with van der Waals surface area (Å²) in [6.45, 7) is 0.137. The number of hydrogen-bond donors (Lipinski definition) is 4. The van der Waals surface area contributed by atoms with E-state index in [1.165, 1.54) is 24.3 Å². The number of carboxylic acid groups (broad SMARTS) is 2. The first kappa shape index (κ1) is 29.0. The van der Waals surface area contributed by atoms with Crippen molar-refractivity contribution in [3.8, 4) is 46.8 Å². The molecule has 4 N–H and O–H groups in total. The molecule has 0 aliphatic carbocycles. The van der Waals surface area contributed by atoms with E-state index in [0.29, 0.717) is 18.4 Å². The van der Waals surface area contributed by atoms with Crippen LogP contribution >= 0.6 is 15.9 Å². The number of halogens is 1. The van der Waals surface area contributed by atoms with Crippen LogP contribution in [0.1, 0.15) is 44.7 Å². The Morgan fingerprint density at radius 2 is 1.21 bits per heavy atom. The molecule has 2 aromatic carbocycles. The quantitative estimate of drug-likeness (QED) is 0.471. The van der Waals surface area contributed by atoms with E-state index in [2.05, 4.69) is 56.3 Å². The van der Waals surface area contributed by atoms with Gasteiger partial charge in [0, 0.05) is 39.9 Å². The second kappa shape index (κ2) is 18.8. The summed E-state index contributed by atoms with van der Waals surface area (Å²) in [5.41, 5.74) is 2.01. The third-order valence-electron chi connectivity index (χ3n) is 3.31. The Balaban J connectivity index is 0.000000530. The Kier molecular flexibility index (Phi) is 16.5. The molecule has 0 aromatic heterocycles. The summed E-state index contributed by atoms with van der Waals surface area (Å²) in [4.78, 5) is 23.5. The molecule has 168 valence electrons. The van der Waals surface area contributed by atoms with Crippen molar-refractivity contribution in [2.75, 3.05) is 13.2 Å². The van der Waals surface area contributed by atoms with Crippen LogP contribution in [0.3, 0.4) is 0 Å². The van der Waals surface area contributed by atoms with Gasteiger partial charge in [-0.25, -0.2) is 9.59 Å². The molecule has 0 bridgehead atoms. The van der Waals surface area contributed by atoms with E-state index < -0.39 is 11.9 Å². The highest BCUT2D eigenvalue weighted by Gasteiger charge is 2.00. The van der Waals surface area contributed by atoms with Gasteiger partial charge >= 0.3 is 11.9 Å². The zero-order chi connectivity index (χ0) is 24.9. The van der Waals surface area contributed by atoms with E-state index in [-0.39, 0.29) is 24.3 Å². The average Bonchev–Trinajstić information content (AvgIpc) is 2.81. The van der Waals surface area contributed by atoms with Crippen LogP contribution in [0.25, 0.3) is 0 Å². The Morgan fingerprint density at radius 1 is 0.758 bits per heavy atom. The fraction of sp³-hybridized carbons (Fsp3) is 0.154. The molecule has 0 heterocycles. The topological polar surface area (TPSA) is 115 Å². The normalized spacial score (nSPS) is 8.06. The summed E-state index contributed by atoms with van der Waals surface area (Å²) in [5.74, 6) is 13.8. The number of aliphatic hydroxyl groups excluding tert-OH is 2. The van der Waals surface area contributed by atoms with E-state index in [9.17, 15) is 9.59 Å². The summed E-state index contributed by atoms with van der Waals surface area (Å²) in [5, 5.41) is 33.6. The third-order valence-corrected chi connectivity index (χ3v) is 3.50. The molecule has 0 saturated carbocycles. The standard InChI is InChI=1S/C13H10O3.C9H5BrO2.C4H6O/c14-10-4-2-1-3-5-11-6-8-12(9-7-11)13(15)16;10-6-5-7-1-3-8(4-2-7)9(11)12;1-2-3-4-5/h6-9,14H,4,10H2,(H,15,16);1-4H,(H,11,12);1,5H,3-4H2. The summed E-state index contributed by atoms with van der Waals surface area (Å²) >= 11 is 2.96. The molecular weight excluding hydrogens is 488 g/mol. The van der Waals surface area contributed by atoms with Crippen LogP contribution in [0, 0.1) is 46.8 Å². The molecule has 33 heavy (non-hydrogen) atoms. The monoisotopic (exact) mass is 508 g/mol. The maximum Gasteiger partial charge on any atom is 0.335 e. The summed E-state index contributed by atoms with van der Waals surface area (Å²) in [6.07, 6.45) is 5.61. The molecule has 2 rings (SSSR count). The molecule has 0 aliphatic rings. The van der Waals surface area contributed by atoms with Crippen molar-refractivity contribution in [2.24, 2.45) is 0 Å². The number of carbonyl (C=O) groups is 2. The number of benzene rings is 2. The second-order valence-electron chi connectivity index (χ2n) is 5.69. The largest absolute Gasteiger partial charge is 0.478 e. The number of terminal acetylenes is 1. The van der Waals surface area contributed by atoms with Gasteiger partial charge in [-0.2, -0.15) is 0 Å². The smallest absolute Gasteiger partial charge is 0.335 e. The van der Waals surface area contributed by atoms with Gasteiger partial charge in [-0.1, -0.05) is 17.8 Å². The van der Waals surface area contributed by atoms with Crippen molar-refractivity contribution >= 4 is 27.9 Å². The Labute approximate surface area is 201 Å². The van der Waals surface area contributed by atoms with Crippen molar-refractivity contribution in [3.05, 3.63) is 70.8 Å². The number of hydrogen-bond acceptors (Lipinski definition) is 4.